The molecule has 0 saturated carbocycles. The fraction of sp³-hybridized carbons (Fsp3) is 0.562. The molecule has 0 fully saturated rings. The number of nitrogens with one attached hydrogen (secondary N) is 1. The smallest absolute Gasteiger partial charge is 0.220 e. The maximum Gasteiger partial charge on any atom is 0.220 e. The molecule has 106 valence electrons. The van der Waals surface area contributed by atoms with Crippen LogP contribution in [0.1, 0.15) is 44.2 Å². The highest BCUT2D eigenvalue weighted by Crippen LogP contribution is 2.18. The lowest BCUT2D eigenvalue weighted by atomic mass is 10.0. The van der Waals surface area contributed by atoms with Gasteiger partial charge >= 0.3 is 0 Å². The minimum atomic E-state index is 0.153. The highest BCUT2D eigenvalue weighted by atomic mass is 16.5. The Hall–Kier alpha value is -1.51. The Morgan fingerprint density at radius 2 is 2.16 bits per heavy atom. The van der Waals surface area contributed by atoms with Crippen LogP contribution in [-0.4, -0.2) is 19.1 Å². The molecular formula is C16H25NO2. The third-order valence-electron chi connectivity index (χ3n) is 3.42. The number of aryl methyl sites for hydroxylation is 2. The van der Waals surface area contributed by atoms with Crippen LogP contribution in [0, 0.1) is 6.92 Å². The van der Waals surface area contributed by atoms with E-state index in [4.69, 9.17) is 4.74 Å². The van der Waals surface area contributed by atoms with Crippen molar-refractivity contribution < 1.29 is 9.53 Å². The van der Waals surface area contributed by atoms with Crippen LogP contribution in [-0.2, 0) is 11.2 Å². The zero-order chi connectivity index (χ0) is 14.3. The van der Waals surface area contributed by atoms with Gasteiger partial charge in [-0.3, -0.25) is 4.79 Å². The Kier molecular flexibility index (Phi) is 6.40. The first-order valence-electron chi connectivity index (χ1n) is 6.99. The van der Waals surface area contributed by atoms with Crippen LogP contribution in [0.25, 0.3) is 0 Å². The van der Waals surface area contributed by atoms with E-state index in [0.29, 0.717) is 6.42 Å². The quantitative estimate of drug-likeness (QED) is 0.820. The Balaban J connectivity index is 2.39. The monoisotopic (exact) mass is 263 g/mol. The van der Waals surface area contributed by atoms with E-state index >= 15 is 0 Å². The van der Waals surface area contributed by atoms with Crippen molar-refractivity contribution in [1.29, 1.82) is 0 Å². The van der Waals surface area contributed by atoms with Crippen LogP contribution in [0.15, 0.2) is 18.2 Å². The lowest BCUT2D eigenvalue weighted by Gasteiger charge is -2.11. The van der Waals surface area contributed by atoms with Crippen molar-refractivity contribution in [3.63, 3.8) is 0 Å². The number of rotatable bonds is 7. The summed E-state index contributed by atoms with van der Waals surface area (Å²) in [7, 11) is 1.67. The molecule has 0 aliphatic heterocycles. The summed E-state index contributed by atoms with van der Waals surface area (Å²) in [5.74, 6) is 1.04. The third-order valence-corrected chi connectivity index (χ3v) is 3.42. The number of ether oxygens (including phenoxy) is 1. The Labute approximate surface area is 116 Å². The third kappa shape index (κ3) is 5.33. The van der Waals surface area contributed by atoms with Crippen LogP contribution >= 0.6 is 0 Å². The average Bonchev–Trinajstić information content (AvgIpc) is 2.40. The second kappa shape index (κ2) is 7.82. The zero-order valence-corrected chi connectivity index (χ0v) is 12.5. The van der Waals surface area contributed by atoms with Crippen LogP contribution in [0.3, 0.4) is 0 Å². The molecule has 1 rings (SSSR count). The minimum Gasteiger partial charge on any atom is -0.497 e. The molecule has 0 heterocycles. The number of carbonyl (C=O) groups excluding carboxylic acids is 1. The standard InChI is InChI=1S/C16H25NO2/c1-5-13(3)17-16(18)8-6-7-14-9-10-15(19-4)11-12(14)2/h9-11,13H,5-8H2,1-4H3,(H,17,18)/t13-/m1/s1. The first kappa shape index (κ1) is 15.5. The predicted molar refractivity (Wildman–Crippen MR) is 78.6 cm³/mol. The van der Waals surface area contributed by atoms with Gasteiger partial charge < -0.3 is 10.1 Å². The van der Waals surface area contributed by atoms with Crippen LogP contribution in [0.4, 0.5) is 0 Å². The molecule has 1 atom stereocenters. The molecule has 1 aromatic rings. The molecule has 1 amide bonds. The van der Waals surface area contributed by atoms with Gasteiger partial charge in [0.2, 0.25) is 5.91 Å². The lowest BCUT2D eigenvalue weighted by molar-refractivity contribution is -0.121. The summed E-state index contributed by atoms with van der Waals surface area (Å²) in [6.45, 7) is 6.19. The summed E-state index contributed by atoms with van der Waals surface area (Å²) in [6.07, 6.45) is 3.39. The molecule has 1 aromatic carbocycles. The van der Waals surface area contributed by atoms with Gasteiger partial charge in [-0.2, -0.15) is 0 Å². The molecule has 0 saturated heterocycles. The molecule has 19 heavy (non-hydrogen) atoms. The minimum absolute atomic E-state index is 0.153. The van der Waals surface area contributed by atoms with Gasteiger partial charge in [0.1, 0.15) is 5.75 Å². The lowest BCUT2D eigenvalue weighted by Crippen LogP contribution is -2.31. The molecule has 0 spiro atoms. The number of carbonyl (C=O) groups is 1. The fourth-order valence-corrected chi connectivity index (χ4v) is 1.96. The molecule has 0 aliphatic carbocycles. The molecule has 0 aliphatic rings. The molecule has 3 nitrogen and oxygen atoms in total. The van der Waals surface area contributed by atoms with Gasteiger partial charge in [0.15, 0.2) is 0 Å². The summed E-state index contributed by atoms with van der Waals surface area (Å²) >= 11 is 0. The maximum atomic E-state index is 11.7. The van der Waals surface area contributed by atoms with E-state index in [1.807, 2.05) is 19.1 Å². The zero-order valence-electron chi connectivity index (χ0n) is 12.5. The number of hydrogen-bond acceptors (Lipinski definition) is 2. The second-order valence-corrected chi connectivity index (χ2v) is 5.02. The summed E-state index contributed by atoms with van der Waals surface area (Å²) in [5.41, 5.74) is 2.51. The average molecular weight is 263 g/mol. The SMILES string of the molecule is CC[C@@H](C)NC(=O)CCCc1ccc(OC)cc1C. The van der Waals surface area contributed by atoms with Crippen LogP contribution in [0.2, 0.25) is 0 Å². The first-order chi connectivity index (χ1) is 9.06. The topological polar surface area (TPSA) is 38.3 Å². The van der Waals surface area contributed by atoms with E-state index in [-0.39, 0.29) is 11.9 Å². The molecule has 0 bridgehead atoms. The van der Waals surface area contributed by atoms with Crippen molar-refractivity contribution in [1.82, 2.24) is 5.32 Å². The van der Waals surface area contributed by atoms with Gasteiger partial charge in [-0.1, -0.05) is 13.0 Å². The number of methoxy groups -OCH3 is 1. The van der Waals surface area contributed by atoms with Gasteiger partial charge in [0.05, 0.1) is 7.11 Å². The van der Waals surface area contributed by atoms with E-state index in [1.54, 1.807) is 7.11 Å². The van der Waals surface area contributed by atoms with E-state index < -0.39 is 0 Å². The predicted octanol–water partition coefficient (Wildman–Crippen LogP) is 3.24. The number of amides is 1. The molecule has 0 radical (unpaired) electrons. The first-order valence-corrected chi connectivity index (χ1v) is 6.99. The van der Waals surface area contributed by atoms with Gasteiger partial charge in [-0.25, -0.2) is 0 Å². The number of hydrogen-bond donors (Lipinski definition) is 1. The highest BCUT2D eigenvalue weighted by Gasteiger charge is 2.06. The second-order valence-electron chi connectivity index (χ2n) is 5.02. The maximum absolute atomic E-state index is 11.7. The van der Waals surface area contributed by atoms with Crippen molar-refractivity contribution in [2.75, 3.05) is 7.11 Å². The largest absolute Gasteiger partial charge is 0.497 e. The van der Waals surface area contributed by atoms with Crippen LogP contribution in [0.5, 0.6) is 5.75 Å². The molecule has 0 unspecified atom stereocenters. The van der Waals surface area contributed by atoms with E-state index in [0.717, 1.165) is 25.0 Å². The van der Waals surface area contributed by atoms with E-state index in [2.05, 4.69) is 25.2 Å². The van der Waals surface area contributed by atoms with Gasteiger partial charge in [-0.05, 0) is 56.4 Å². The number of benzene rings is 1. The molecule has 0 aromatic heterocycles. The van der Waals surface area contributed by atoms with E-state index in [9.17, 15) is 4.79 Å². The van der Waals surface area contributed by atoms with E-state index in [1.165, 1.54) is 11.1 Å². The molecular weight excluding hydrogens is 238 g/mol. The van der Waals surface area contributed by atoms with Gasteiger partial charge in [0.25, 0.3) is 0 Å². The van der Waals surface area contributed by atoms with Crippen molar-refractivity contribution in [2.45, 2.75) is 52.5 Å². The molecule has 1 N–H and O–H groups in total. The Bertz CT molecular complexity index is 415. The van der Waals surface area contributed by atoms with Crippen molar-refractivity contribution in [2.24, 2.45) is 0 Å². The van der Waals surface area contributed by atoms with Crippen molar-refractivity contribution >= 4 is 5.91 Å². The Morgan fingerprint density at radius 3 is 2.74 bits per heavy atom. The summed E-state index contributed by atoms with van der Waals surface area (Å²) in [5, 5.41) is 2.99. The molecule has 3 heteroatoms. The van der Waals surface area contributed by atoms with Crippen molar-refractivity contribution in [3.05, 3.63) is 29.3 Å². The highest BCUT2D eigenvalue weighted by molar-refractivity contribution is 5.76. The van der Waals surface area contributed by atoms with Crippen LogP contribution < -0.4 is 10.1 Å². The Morgan fingerprint density at radius 1 is 1.42 bits per heavy atom. The fourth-order valence-electron chi connectivity index (χ4n) is 1.96. The van der Waals surface area contributed by atoms with Gasteiger partial charge in [0, 0.05) is 12.5 Å². The summed E-state index contributed by atoms with van der Waals surface area (Å²) in [6, 6.07) is 6.37. The van der Waals surface area contributed by atoms with Crippen molar-refractivity contribution in [3.8, 4) is 5.75 Å². The van der Waals surface area contributed by atoms with Gasteiger partial charge in [-0.15, -0.1) is 0 Å². The summed E-state index contributed by atoms with van der Waals surface area (Å²) < 4.78 is 5.18. The normalized spacial score (nSPS) is 12.0. The summed E-state index contributed by atoms with van der Waals surface area (Å²) in [4.78, 5) is 11.7.